The summed E-state index contributed by atoms with van der Waals surface area (Å²) in [6.45, 7) is 2.88. The van der Waals surface area contributed by atoms with Gasteiger partial charge in [-0.05, 0) is 18.1 Å². The zero-order chi connectivity index (χ0) is 15.0. The largest absolute Gasteiger partial charge is 0.396 e. The SMILES string of the molecule is CC(=O)N1c2ccccc2C[C@H]1C(=O)N1CCC(CO)C1. The second-order valence-electron chi connectivity index (χ2n) is 5.86. The van der Waals surface area contributed by atoms with Gasteiger partial charge in [-0.1, -0.05) is 18.2 Å². The van der Waals surface area contributed by atoms with E-state index in [9.17, 15) is 14.7 Å². The minimum absolute atomic E-state index is 0.00245. The molecule has 0 saturated carbocycles. The number of hydrogen-bond donors (Lipinski definition) is 1. The molecule has 0 spiro atoms. The summed E-state index contributed by atoms with van der Waals surface area (Å²) < 4.78 is 0. The summed E-state index contributed by atoms with van der Waals surface area (Å²) in [5.41, 5.74) is 1.89. The van der Waals surface area contributed by atoms with Crippen LogP contribution in [0.1, 0.15) is 18.9 Å². The highest BCUT2D eigenvalue weighted by Crippen LogP contribution is 2.33. The van der Waals surface area contributed by atoms with E-state index in [1.54, 1.807) is 9.80 Å². The highest BCUT2D eigenvalue weighted by Gasteiger charge is 2.40. The van der Waals surface area contributed by atoms with Crippen molar-refractivity contribution in [2.45, 2.75) is 25.8 Å². The van der Waals surface area contributed by atoms with Crippen molar-refractivity contribution in [3.8, 4) is 0 Å². The van der Waals surface area contributed by atoms with Crippen molar-refractivity contribution in [1.82, 2.24) is 4.90 Å². The fraction of sp³-hybridized carbons (Fsp3) is 0.500. The Labute approximate surface area is 124 Å². The highest BCUT2D eigenvalue weighted by atomic mass is 16.3. The molecule has 2 atom stereocenters. The van der Waals surface area contributed by atoms with Gasteiger partial charge in [-0.15, -0.1) is 0 Å². The predicted molar refractivity (Wildman–Crippen MR) is 78.9 cm³/mol. The van der Waals surface area contributed by atoms with Crippen LogP contribution in [0, 0.1) is 5.92 Å². The summed E-state index contributed by atoms with van der Waals surface area (Å²) in [5, 5.41) is 9.21. The van der Waals surface area contributed by atoms with Crippen molar-refractivity contribution in [1.29, 1.82) is 0 Å². The summed E-state index contributed by atoms with van der Waals surface area (Å²) in [6.07, 6.45) is 1.41. The van der Waals surface area contributed by atoms with Crippen molar-refractivity contribution in [2.75, 3.05) is 24.6 Å². The maximum atomic E-state index is 12.7. The lowest BCUT2D eigenvalue weighted by molar-refractivity contribution is -0.133. The molecule has 21 heavy (non-hydrogen) atoms. The van der Waals surface area contributed by atoms with Crippen LogP contribution >= 0.6 is 0 Å². The van der Waals surface area contributed by atoms with Crippen LogP contribution < -0.4 is 4.90 Å². The topological polar surface area (TPSA) is 60.9 Å². The molecule has 1 aromatic carbocycles. The Morgan fingerprint density at radius 3 is 2.76 bits per heavy atom. The second-order valence-corrected chi connectivity index (χ2v) is 5.86. The van der Waals surface area contributed by atoms with Gasteiger partial charge in [0.1, 0.15) is 6.04 Å². The van der Waals surface area contributed by atoms with E-state index in [2.05, 4.69) is 0 Å². The second kappa shape index (κ2) is 5.48. The Hall–Kier alpha value is -1.88. The zero-order valence-corrected chi connectivity index (χ0v) is 12.2. The number of carbonyl (C=O) groups is 2. The number of nitrogens with zero attached hydrogens (tertiary/aromatic N) is 2. The number of para-hydroxylation sites is 1. The lowest BCUT2D eigenvalue weighted by Gasteiger charge is -2.27. The number of likely N-dealkylation sites (tertiary alicyclic amines) is 1. The van der Waals surface area contributed by atoms with Gasteiger partial charge in [0.15, 0.2) is 0 Å². The number of fused-ring (bicyclic) bond motifs is 1. The van der Waals surface area contributed by atoms with E-state index in [-0.39, 0.29) is 24.3 Å². The first-order valence-corrected chi connectivity index (χ1v) is 7.39. The van der Waals surface area contributed by atoms with Crippen LogP contribution in [0.25, 0.3) is 0 Å². The van der Waals surface area contributed by atoms with Gasteiger partial charge in [-0.3, -0.25) is 14.5 Å². The Bertz CT molecular complexity index is 572. The molecular weight excluding hydrogens is 268 g/mol. The molecule has 1 saturated heterocycles. The van der Waals surface area contributed by atoms with Gasteiger partial charge in [0, 0.05) is 44.6 Å². The molecule has 0 radical (unpaired) electrons. The number of amides is 2. The highest BCUT2D eigenvalue weighted by molar-refractivity contribution is 6.02. The number of rotatable bonds is 2. The van der Waals surface area contributed by atoms with E-state index < -0.39 is 6.04 Å². The van der Waals surface area contributed by atoms with Gasteiger partial charge >= 0.3 is 0 Å². The number of benzene rings is 1. The Morgan fingerprint density at radius 1 is 1.33 bits per heavy atom. The Balaban J connectivity index is 1.83. The van der Waals surface area contributed by atoms with E-state index in [1.807, 2.05) is 24.3 Å². The Kier molecular flexibility index (Phi) is 3.68. The number of hydrogen-bond acceptors (Lipinski definition) is 3. The maximum absolute atomic E-state index is 12.7. The average Bonchev–Trinajstić information content (AvgIpc) is 3.10. The van der Waals surface area contributed by atoms with E-state index in [1.165, 1.54) is 6.92 Å². The first-order valence-electron chi connectivity index (χ1n) is 7.39. The van der Waals surface area contributed by atoms with Crippen LogP contribution in [0.15, 0.2) is 24.3 Å². The number of aliphatic hydroxyl groups is 1. The summed E-state index contributed by atoms with van der Waals surface area (Å²) in [7, 11) is 0. The average molecular weight is 288 g/mol. The predicted octanol–water partition coefficient (Wildman–Crippen LogP) is 0.805. The lowest BCUT2D eigenvalue weighted by Crippen LogP contribution is -2.48. The number of carbonyl (C=O) groups excluding carboxylic acids is 2. The molecule has 112 valence electrons. The van der Waals surface area contributed by atoms with Gasteiger partial charge < -0.3 is 10.0 Å². The standard InChI is InChI=1S/C16H20N2O3/c1-11(20)18-14-5-3-2-4-13(14)8-15(18)16(21)17-7-6-12(9-17)10-19/h2-5,12,15,19H,6-10H2,1H3/t12?,15-/m0/s1. The molecule has 2 amide bonds. The summed E-state index contributed by atoms with van der Waals surface area (Å²) >= 11 is 0. The summed E-state index contributed by atoms with van der Waals surface area (Å²) in [4.78, 5) is 28.1. The van der Waals surface area contributed by atoms with Crippen molar-refractivity contribution in [3.05, 3.63) is 29.8 Å². The van der Waals surface area contributed by atoms with Gasteiger partial charge in [-0.25, -0.2) is 0 Å². The van der Waals surface area contributed by atoms with E-state index in [4.69, 9.17) is 0 Å². The van der Waals surface area contributed by atoms with Crippen LogP contribution in [0.5, 0.6) is 0 Å². The Morgan fingerprint density at radius 2 is 2.10 bits per heavy atom. The molecule has 0 aromatic heterocycles. The minimum atomic E-state index is -0.433. The molecule has 0 aliphatic carbocycles. The monoisotopic (exact) mass is 288 g/mol. The summed E-state index contributed by atoms with van der Waals surface area (Å²) in [5.74, 6) is 0.0667. The first kappa shape index (κ1) is 14.1. The van der Waals surface area contributed by atoms with Crippen molar-refractivity contribution in [2.24, 2.45) is 5.92 Å². The molecule has 0 bridgehead atoms. The van der Waals surface area contributed by atoms with Crippen LogP contribution in [0.3, 0.4) is 0 Å². The maximum Gasteiger partial charge on any atom is 0.246 e. The number of aliphatic hydroxyl groups excluding tert-OH is 1. The third kappa shape index (κ3) is 2.42. The molecule has 2 heterocycles. The van der Waals surface area contributed by atoms with Crippen LogP contribution in [0.2, 0.25) is 0 Å². The van der Waals surface area contributed by atoms with Crippen molar-refractivity contribution >= 4 is 17.5 Å². The number of anilines is 1. The third-order valence-corrected chi connectivity index (χ3v) is 4.46. The molecule has 1 aromatic rings. The normalized spacial score (nSPS) is 24.3. The summed E-state index contributed by atoms with van der Waals surface area (Å²) in [6, 6.07) is 7.25. The van der Waals surface area contributed by atoms with Gasteiger partial charge in [0.25, 0.3) is 0 Å². The van der Waals surface area contributed by atoms with Crippen LogP contribution in [0.4, 0.5) is 5.69 Å². The quantitative estimate of drug-likeness (QED) is 0.876. The lowest BCUT2D eigenvalue weighted by atomic mass is 10.1. The van der Waals surface area contributed by atoms with Crippen molar-refractivity contribution in [3.63, 3.8) is 0 Å². The van der Waals surface area contributed by atoms with Crippen molar-refractivity contribution < 1.29 is 14.7 Å². The molecule has 2 aliphatic heterocycles. The third-order valence-electron chi connectivity index (χ3n) is 4.46. The van der Waals surface area contributed by atoms with Crippen LogP contribution in [-0.2, 0) is 16.0 Å². The van der Waals surface area contributed by atoms with Gasteiger partial charge in [-0.2, -0.15) is 0 Å². The van der Waals surface area contributed by atoms with E-state index in [0.29, 0.717) is 19.5 Å². The molecule has 5 heteroatoms. The van der Waals surface area contributed by atoms with E-state index in [0.717, 1.165) is 17.7 Å². The molecule has 5 nitrogen and oxygen atoms in total. The van der Waals surface area contributed by atoms with Gasteiger partial charge in [0.2, 0.25) is 11.8 Å². The molecule has 1 N–H and O–H groups in total. The molecular formula is C16H20N2O3. The molecule has 3 rings (SSSR count). The molecule has 1 fully saturated rings. The minimum Gasteiger partial charge on any atom is -0.396 e. The first-order chi connectivity index (χ1) is 10.1. The van der Waals surface area contributed by atoms with E-state index >= 15 is 0 Å². The van der Waals surface area contributed by atoms with Gasteiger partial charge in [0.05, 0.1) is 0 Å². The fourth-order valence-corrected chi connectivity index (χ4v) is 3.37. The molecule has 2 aliphatic rings. The zero-order valence-electron chi connectivity index (χ0n) is 12.2. The molecule has 1 unspecified atom stereocenters. The smallest absolute Gasteiger partial charge is 0.246 e. The fourth-order valence-electron chi connectivity index (χ4n) is 3.37. The van der Waals surface area contributed by atoms with Crippen LogP contribution in [-0.4, -0.2) is 47.6 Å².